The molecule has 0 bridgehead atoms. The lowest BCUT2D eigenvalue weighted by Crippen LogP contribution is -2.13. The molecule has 0 spiro atoms. The number of amides is 1. The Morgan fingerprint density at radius 3 is 2.67 bits per heavy atom. The van der Waals surface area contributed by atoms with Crippen LogP contribution in [0.1, 0.15) is 17.7 Å². The number of hydrogen-bond acceptors (Lipinski definition) is 4. The van der Waals surface area contributed by atoms with Gasteiger partial charge in [-0.2, -0.15) is 0 Å². The molecule has 1 amide bonds. The van der Waals surface area contributed by atoms with E-state index in [9.17, 15) is 19.3 Å². The molecule has 27 heavy (non-hydrogen) atoms. The van der Waals surface area contributed by atoms with Gasteiger partial charge in [-0.25, -0.2) is 4.39 Å². The minimum Gasteiger partial charge on any atom is -0.461 e. The average Bonchev–Trinajstić information content (AvgIpc) is 3.10. The highest BCUT2D eigenvalue weighted by Gasteiger charge is 2.15. The van der Waals surface area contributed by atoms with E-state index in [1.807, 2.05) is 0 Å². The monoisotopic (exact) mass is 368 g/mol. The highest BCUT2D eigenvalue weighted by Crippen LogP contribution is 2.26. The van der Waals surface area contributed by atoms with Gasteiger partial charge in [-0.05, 0) is 37.3 Å². The van der Waals surface area contributed by atoms with Crippen molar-refractivity contribution in [3.8, 4) is 11.3 Å². The zero-order chi connectivity index (χ0) is 19.4. The van der Waals surface area contributed by atoms with Crippen molar-refractivity contribution in [2.45, 2.75) is 19.8 Å². The van der Waals surface area contributed by atoms with Crippen LogP contribution in [0.25, 0.3) is 11.3 Å². The van der Waals surface area contributed by atoms with Gasteiger partial charge in [-0.3, -0.25) is 14.9 Å². The summed E-state index contributed by atoms with van der Waals surface area (Å²) in [5, 5.41) is 13.6. The average molecular weight is 368 g/mol. The fourth-order valence-corrected chi connectivity index (χ4v) is 2.72. The molecular weight excluding hydrogens is 351 g/mol. The van der Waals surface area contributed by atoms with E-state index < -0.39 is 4.92 Å². The van der Waals surface area contributed by atoms with Crippen LogP contribution in [0.15, 0.2) is 59.0 Å². The first-order chi connectivity index (χ1) is 13.0. The molecule has 1 aromatic heterocycles. The van der Waals surface area contributed by atoms with Crippen molar-refractivity contribution >= 4 is 17.3 Å². The number of nitrogens with one attached hydrogen (secondary N) is 1. The number of carbonyl (C=O) groups excluding carboxylic acids is 1. The Kier molecular flexibility index (Phi) is 5.30. The van der Waals surface area contributed by atoms with Crippen LogP contribution in [-0.2, 0) is 11.2 Å². The highest BCUT2D eigenvalue weighted by molar-refractivity contribution is 5.92. The summed E-state index contributed by atoms with van der Waals surface area (Å²) in [5.41, 5.74) is 1.12. The summed E-state index contributed by atoms with van der Waals surface area (Å²) in [6.45, 7) is 1.58. The third-order valence-corrected chi connectivity index (χ3v) is 4.18. The summed E-state index contributed by atoms with van der Waals surface area (Å²) < 4.78 is 19.4. The predicted octanol–water partition coefficient (Wildman–Crippen LogP) is 4.87. The molecule has 0 saturated carbocycles. The lowest BCUT2D eigenvalue weighted by molar-refractivity contribution is -0.385. The third kappa shape index (κ3) is 4.20. The summed E-state index contributed by atoms with van der Waals surface area (Å²) in [4.78, 5) is 22.6. The van der Waals surface area contributed by atoms with Crippen molar-refractivity contribution in [2.75, 3.05) is 5.32 Å². The van der Waals surface area contributed by atoms with Gasteiger partial charge in [0.1, 0.15) is 17.3 Å². The van der Waals surface area contributed by atoms with Crippen molar-refractivity contribution in [3.05, 3.63) is 81.9 Å². The van der Waals surface area contributed by atoms with Gasteiger partial charge < -0.3 is 9.73 Å². The SMILES string of the molecule is Cc1c(NC(=O)CCc2ccc(-c3ccccc3F)o2)cccc1[N+](=O)[O-]. The number of nitro groups is 1. The molecule has 0 aliphatic carbocycles. The zero-order valence-corrected chi connectivity index (χ0v) is 14.6. The van der Waals surface area contributed by atoms with Crippen LogP contribution in [0.3, 0.4) is 0 Å². The Bertz CT molecular complexity index is 997. The molecule has 0 radical (unpaired) electrons. The van der Waals surface area contributed by atoms with Crippen LogP contribution in [0.4, 0.5) is 15.8 Å². The lowest BCUT2D eigenvalue weighted by atomic mass is 10.1. The molecule has 3 rings (SSSR count). The van der Waals surface area contributed by atoms with Crippen LogP contribution in [-0.4, -0.2) is 10.8 Å². The molecule has 3 aromatic rings. The standard InChI is InChI=1S/C20H17FN2O4/c1-13-17(7-4-8-18(13)23(25)26)22-20(24)12-10-14-9-11-19(27-14)15-5-2-3-6-16(15)21/h2-9,11H,10,12H2,1H3,(H,22,24). The van der Waals surface area contributed by atoms with Gasteiger partial charge in [0.05, 0.1) is 21.7 Å². The number of nitrogens with zero attached hydrogens (tertiary/aromatic N) is 1. The number of nitro benzene ring substituents is 1. The molecular formula is C20H17FN2O4. The molecule has 7 heteroatoms. The molecule has 0 atom stereocenters. The second-order valence-corrected chi connectivity index (χ2v) is 6.00. The Hall–Kier alpha value is -3.48. The Morgan fingerprint density at radius 1 is 1.15 bits per heavy atom. The fourth-order valence-electron chi connectivity index (χ4n) is 2.72. The van der Waals surface area contributed by atoms with E-state index >= 15 is 0 Å². The van der Waals surface area contributed by atoms with Crippen molar-refractivity contribution in [3.63, 3.8) is 0 Å². The second-order valence-electron chi connectivity index (χ2n) is 6.00. The van der Waals surface area contributed by atoms with Gasteiger partial charge in [0.25, 0.3) is 5.69 Å². The number of anilines is 1. The van der Waals surface area contributed by atoms with Crippen LogP contribution in [0.5, 0.6) is 0 Å². The van der Waals surface area contributed by atoms with Crippen molar-refractivity contribution < 1.29 is 18.5 Å². The summed E-state index contributed by atoms with van der Waals surface area (Å²) in [6, 6.07) is 14.2. The summed E-state index contributed by atoms with van der Waals surface area (Å²) in [6.07, 6.45) is 0.459. The van der Waals surface area contributed by atoms with Crippen LogP contribution >= 0.6 is 0 Å². The van der Waals surface area contributed by atoms with E-state index in [-0.39, 0.29) is 23.8 Å². The molecule has 0 aliphatic rings. The lowest BCUT2D eigenvalue weighted by Gasteiger charge is -2.08. The Morgan fingerprint density at radius 2 is 1.93 bits per heavy atom. The van der Waals surface area contributed by atoms with E-state index in [1.54, 1.807) is 43.3 Å². The minimum atomic E-state index is -0.488. The number of halogens is 1. The third-order valence-electron chi connectivity index (χ3n) is 4.18. The van der Waals surface area contributed by atoms with Crippen LogP contribution in [0.2, 0.25) is 0 Å². The summed E-state index contributed by atoms with van der Waals surface area (Å²) >= 11 is 0. The topological polar surface area (TPSA) is 85.4 Å². The zero-order valence-electron chi connectivity index (χ0n) is 14.6. The van der Waals surface area contributed by atoms with Gasteiger partial charge in [0.2, 0.25) is 5.91 Å². The molecule has 0 saturated heterocycles. The maximum atomic E-state index is 13.8. The molecule has 6 nitrogen and oxygen atoms in total. The minimum absolute atomic E-state index is 0.0478. The van der Waals surface area contributed by atoms with Crippen molar-refractivity contribution in [1.29, 1.82) is 0 Å². The first-order valence-corrected chi connectivity index (χ1v) is 8.33. The van der Waals surface area contributed by atoms with Crippen LogP contribution < -0.4 is 5.32 Å². The van der Waals surface area contributed by atoms with E-state index in [1.165, 1.54) is 18.2 Å². The Labute approximate surface area is 154 Å². The molecule has 0 unspecified atom stereocenters. The van der Waals surface area contributed by atoms with Crippen molar-refractivity contribution in [1.82, 2.24) is 0 Å². The highest BCUT2D eigenvalue weighted by atomic mass is 19.1. The summed E-state index contributed by atoms with van der Waals surface area (Å²) in [5.74, 6) is 0.289. The Balaban J connectivity index is 1.63. The first-order valence-electron chi connectivity index (χ1n) is 8.33. The van der Waals surface area contributed by atoms with Gasteiger partial charge >= 0.3 is 0 Å². The normalized spacial score (nSPS) is 10.6. The number of furan rings is 1. The number of benzene rings is 2. The quantitative estimate of drug-likeness (QED) is 0.497. The van der Waals surface area contributed by atoms with Crippen LogP contribution in [0, 0.1) is 22.9 Å². The number of carbonyl (C=O) groups is 1. The van der Waals surface area contributed by atoms with E-state index in [2.05, 4.69) is 5.32 Å². The fraction of sp³-hybridized carbons (Fsp3) is 0.150. The largest absolute Gasteiger partial charge is 0.461 e. The van der Waals surface area contributed by atoms with Crippen molar-refractivity contribution in [2.24, 2.45) is 0 Å². The molecule has 0 aliphatic heterocycles. The number of hydrogen-bond donors (Lipinski definition) is 1. The molecule has 138 valence electrons. The summed E-state index contributed by atoms with van der Waals surface area (Å²) in [7, 11) is 0. The maximum absolute atomic E-state index is 13.8. The maximum Gasteiger partial charge on any atom is 0.274 e. The molecule has 1 heterocycles. The van der Waals surface area contributed by atoms with E-state index in [0.29, 0.717) is 34.8 Å². The second kappa shape index (κ2) is 7.82. The number of rotatable bonds is 6. The van der Waals surface area contributed by atoms with Gasteiger partial charge in [-0.15, -0.1) is 0 Å². The molecule has 2 aromatic carbocycles. The van der Waals surface area contributed by atoms with Gasteiger partial charge in [-0.1, -0.05) is 18.2 Å². The predicted molar refractivity (Wildman–Crippen MR) is 98.9 cm³/mol. The van der Waals surface area contributed by atoms with Gasteiger partial charge in [0, 0.05) is 18.9 Å². The molecule has 1 N–H and O–H groups in total. The van der Waals surface area contributed by atoms with E-state index in [0.717, 1.165) is 0 Å². The smallest absolute Gasteiger partial charge is 0.274 e. The number of aryl methyl sites for hydroxylation is 1. The molecule has 0 fully saturated rings. The van der Waals surface area contributed by atoms with E-state index in [4.69, 9.17) is 4.42 Å². The van der Waals surface area contributed by atoms with Gasteiger partial charge in [0.15, 0.2) is 0 Å². The first kappa shape index (κ1) is 18.3.